The Bertz CT molecular complexity index is 468. The average Bonchev–Trinajstić information content (AvgIpc) is 2.40. The van der Waals surface area contributed by atoms with Gasteiger partial charge in [-0.15, -0.1) is 0 Å². The first-order valence-electron chi connectivity index (χ1n) is 7.15. The molecule has 21 heavy (non-hydrogen) atoms. The Morgan fingerprint density at radius 1 is 1.29 bits per heavy atom. The fourth-order valence-corrected chi connectivity index (χ4v) is 3.03. The number of anilines is 1. The van der Waals surface area contributed by atoms with Crippen molar-refractivity contribution in [3.8, 4) is 0 Å². The van der Waals surface area contributed by atoms with Gasteiger partial charge in [-0.05, 0) is 63.5 Å². The van der Waals surface area contributed by atoms with E-state index in [9.17, 15) is 13.2 Å². The van der Waals surface area contributed by atoms with Crippen LogP contribution in [0.3, 0.4) is 0 Å². The van der Waals surface area contributed by atoms with E-state index in [-0.39, 0.29) is 5.69 Å². The molecule has 1 aromatic carbocycles. The number of piperidine rings is 1. The van der Waals surface area contributed by atoms with Gasteiger partial charge in [-0.1, -0.05) is 15.9 Å². The Kier molecular flexibility index (Phi) is 5.54. The summed E-state index contributed by atoms with van der Waals surface area (Å²) < 4.78 is 39.5. The van der Waals surface area contributed by atoms with Crippen molar-refractivity contribution in [3.05, 3.63) is 28.2 Å². The van der Waals surface area contributed by atoms with E-state index in [0.717, 1.165) is 38.4 Å². The lowest BCUT2D eigenvalue weighted by atomic mass is 9.94. The van der Waals surface area contributed by atoms with Crippen LogP contribution in [0.5, 0.6) is 0 Å². The van der Waals surface area contributed by atoms with Crippen LogP contribution in [-0.4, -0.2) is 31.6 Å². The number of likely N-dealkylation sites (tertiary alicyclic amines) is 1. The molecule has 1 fully saturated rings. The van der Waals surface area contributed by atoms with E-state index in [1.54, 1.807) is 0 Å². The Labute approximate surface area is 131 Å². The smallest absolute Gasteiger partial charge is 0.385 e. The van der Waals surface area contributed by atoms with E-state index in [4.69, 9.17) is 0 Å². The van der Waals surface area contributed by atoms with Crippen molar-refractivity contribution in [2.75, 3.05) is 32.0 Å². The molecule has 0 aliphatic carbocycles. The molecule has 118 valence electrons. The molecule has 1 aliphatic rings. The quantitative estimate of drug-likeness (QED) is 0.838. The molecule has 0 spiro atoms. The molecule has 1 heterocycles. The lowest BCUT2D eigenvalue weighted by Gasteiger charge is -2.29. The molecule has 0 aromatic heterocycles. The maximum Gasteiger partial charge on any atom is 0.418 e. The predicted octanol–water partition coefficient (Wildman–Crippen LogP) is 4.61. The molecule has 2 rings (SSSR count). The van der Waals surface area contributed by atoms with Crippen LogP contribution in [0, 0.1) is 5.92 Å². The minimum absolute atomic E-state index is 0.157. The molecule has 0 bridgehead atoms. The van der Waals surface area contributed by atoms with Gasteiger partial charge in [-0.2, -0.15) is 13.2 Å². The van der Waals surface area contributed by atoms with Gasteiger partial charge >= 0.3 is 6.18 Å². The average molecular weight is 365 g/mol. The van der Waals surface area contributed by atoms with E-state index in [1.807, 2.05) is 0 Å². The summed E-state index contributed by atoms with van der Waals surface area (Å²) in [6, 6.07) is 4.03. The Morgan fingerprint density at radius 2 is 1.95 bits per heavy atom. The van der Waals surface area contributed by atoms with Gasteiger partial charge in [0, 0.05) is 16.7 Å². The van der Waals surface area contributed by atoms with Gasteiger partial charge in [0.1, 0.15) is 0 Å². The standard InChI is InChI=1S/C15H20BrF3N2/c1-21-8-5-11(6-9-21)4-7-20-14-10-12(16)2-3-13(14)15(17,18)19/h2-3,10-11,20H,4-9H2,1H3. The van der Waals surface area contributed by atoms with Gasteiger partial charge < -0.3 is 10.2 Å². The van der Waals surface area contributed by atoms with Crippen molar-refractivity contribution in [2.45, 2.75) is 25.4 Å². The predicted molar refractivity (Wildman–Crippen MR) is 82.5 cm³/mol. The van der Waals surface area contributed by atoms with E-state index < -0.39 is 11.7 Å². The number of hydrogen-bond acceptors (Lipinski definition) is 2. The highest BCUT2D eigenvalue weighted by Gasteiger charge is 2.33. The molecule has 0 unspecified atom stereocenters. The van der Waals surface area contributed by atoms with Gasteiger partial charge in [0.15, 0.2) is 0 Å². The number of benzene rings is 1. The first-order valence-corrected chi connectivity index (χ1v) is 7.94. The van der Waals surface area contributed by atoms with Gasteiger partial charge in [0.2, 0.25) is 0 Å². The fourth-order valence-electron chi connectivity index (χ4n) is 2.67. The maximum absolute atomic E-state index is 12.9. The number of hydrogen-bond donors (Lipinski definition) is 1. The van der Waals surface area contributed by atoms with Crippen molar-refractivity contribution in [2.24, 2.45) is 5.92 Å². The molecule has 2 nitrogen and oxygen atoms in total. The summed E-state index contributed by atoms with van der Waals surface area (Å²) in [4.78, 5) is 2.29. The van der Waals surface area contributed by atoms with Crippen LogP contribution in [0.4, 0.5) is 18.9 Å². The summed E-state index contributed by atoms with van der Waals surface area (Å²) in [5, 5.41) is 2.96. The monoisotopic (exact) mass is 364 g/mol. The van der Waals surface area contributed by atoms with Crippen LogP contribution >= 0.6 is 15.9 Å². The molecule has 1 aliphatic heterocycles. The van der Waals surface area contributed by atoms with Crippen molar-refractivity contribution in [1.82, 2.24) is 4.90 Å². The van der Waals surface area contributed by atoms with Crippen LogP contribution in [0.15, 0.2) is 22.7 Å². The van der Waals surface area contributed by atoms with Crippen LogP contribution in [0.2, 0.25) is 0 Å². The number of halogens is 4. The summed E-state index contributed by atoms with van der Waals surface area (Å²) >= 11 is 3.23. The van der Waals surface area contributed by atoms with E-state index in [1.165, 1.54) is 12.1 Å². The number of rotatable bonds is 4. The van der Waals surface area contributed by atoms with Crippen LogP contribution in [0.25, 0.3) is 0 Å². The Hall–Kier alpha value is -0.750. The largest absolute Gasteiger partial charge is 0.418 e. The zero-order valence-corrected chi connectivity index (χ0v) is 13.6. The normalized spacial score (nSPS) is 18.0. The van der Waals surface area contributed by atoms with E-state index in [2.05, 4.69) is 33.2 Å². The molecular formula is C15H20BrF3N2. The van der Waals surface area contributed by atoms with Gasteiger partial charge in [-0.3, -0.25) is 0 Å². The highest BCUT2D eigenvalue weighted by molar-refractivity contribution is 9.10. The third kappa shape index (κ3) is 4.88. The summed E-state index contributed by atoms with van der Waals surface area (Å²) in [6.45, 7) is 2.73. The molecule has 1 saturated heterocycles. The summed E-state index contributed by atoms with van der Waals surface area (Å²) in [5.74, 6) is 0.607. The summed E-state index contributed by atoms with van der Waals surface area (Å²) in [5.41, 5.74) is -0.445. The minimum Gasteiger partial charge on any atom is -0.385 e. The first kappa shape index (κ1) is 16.6. The maximum atomic E-state index is 12.9. The van der Waals surface area contributed by atoms with Crippen molar-refractivity contribution in [3.63, 3.8) is 0 Å². The van der Waals surface area contributed by atoms with Crippen LogP contribution in [0.1, 0.15) is 24.8 Å². The first-order chi connectivity index (χ1) is 9.86. The second-order valence-electron chi connectivity index (χ2n) is 5.65. The van der Waals surface area contributed by atoms with Crippen molar-refractivity contribution in [1.29, 1.82) is 0 Å². The molecule has 1 aromatic rings. The number of alkyl halides is 3. The van der Waals surface area contributed by atoms with Crippen molar-refractivity contribution >= 4 is 21.6 Å². The number of nitrogens with one attached hydrogen (secondary N) is 1. The van der Waals surface area contributed by atoms with Gasteiger partial charge in [-0.25, -0.2) is 0 Å². The zero-order valence-electron chi connectivity index (χ0n) is 12.0. The zero-order chi connectivity index (χ0) is 15.5. The minimum atomic E-state index is -4.32. The highest BCUT2D eigenvalue weighted by atomic mass is 79.9. The van der Waals surface area contributed by atoms with E-state index in [0.29, 0.717) is 16.9 Å². The van der Waals surface area contributed by atoms with Gasteiger partial charge in [0.25, 0.3) is 0 Å². The summed E-state index contributed by atoms with van der Waals surface area (Å²) in [7, 11) is 2.10. The lowest BCUT2D eigenvalue weighted by molar-refractivity contribution is -0.137. The van der Waals surface area contributed by atoms with Crippen molar-refractivity contribution < 1.29 is 13.2 Å². The van der Waals surface area contributed by atoms with Gasteiger partial charge in [0.05, 0.1) is 5.56 Å². The van der Waals surface area contributed by atoms with Crippen LogP contribution in [-0.2, 0) is 6.18 Å². The Balaban J connectivity index is 1.92. The third-order valence-corrected chi connectivity index (χ3v) is 4.49. The molecule has 0 radical (unpaired) electrons. The SMILES string of the molecule is CN1CCC(CCNc2cc(Br)ccc2C(F)(F)F)CC1. The number of nitrogens with zero attached hydrogens (tertiary/aromatic N) is 1. The topological polar surface area (TPSA) is 15.3 Å². The second kappa shape index (κ2) is 7.01. The fraction of sp³-hybridized carbons (Fsp3) is 0.600. The highest BCUT2D eigenvalue weighted by Crippen LogP contribution is 2.36. The molecular weight excluding hydrogens is 345 g/mol. The Morgan fingerprint density at radius 3 is 2.57 bits per heavy atom. The lowest BCUT2D eigenvalue weighted by Crippen LogP contribution is -2.30. The third-order valence-electron chi connectivity index (χ3n) is 3.99. The van der Waals surface area contributed by atoms with Crippen LogP contribution < -0.4 is 5.32 Å². The molecule has 0 saturated carbocycles. The molecule has 6 heteroatoms. The molecule has 0 atom stereocenters. The van der Waals surface area contributed by atoms with E-state index >= 15 is 0 Å². The molecule has 0 amide bonds. The summed E-state index contributed by atoms with van der Waals surface area (Å²) in [6.07, 6.45) is -1.15. The second-order valence-corrected chi connectivity index (χ2v) is 6.57. The molecule has 1 N–H and O–H groups in total.